The van der Waals surface area contributed by atoms with Crippen molar-refractivity contribution in [1.82, 2.24) is 9.88 Å². The Bertz CT molecular complexity index is 1190. The number of ether oxygens (including phenoxy) is 1. The molecule has 2 aromatic carbocycles. The zero-order chi connectivity index (χ0) is 24.1. The number of para-hydroxylation sites is 1. The van der Waals surface area contributed by atoms with Crippen LogP contribution in [0.4, 0.5) is 15.2 Å². The van der Waals surface area contributed by atoms with Crippen LogP contribution >= 0.6 is 11.3 Å². The molecule has 10 heteroatoms. The van der Waals surface area contributed by atoms with E-state index >= 15 is 0 Å². The van der Waals surface area contributed by atoms with Crippen LogP contribution in [0, 0.1) is 5.82 Å². The predicted octanol–water partition coefficient (Wildman–Crippen LogP) is 3.72. The summed E-state index contributed by atoms with van der Waals surface area (Å²) in [6, 6.07) is 12.7. The molecule has 3 amide bonds. The SMILES string of the molecule is COc1ccc(C(=O)N(CC(=O)Nc2nc(CC(=O)Nc3ccccc3F)cs2)C2CC2)cc1. The van der Waals surface area contributed by atoms with E-state index in [-0.39, 0.29) is 36.5 Å². The molecule has 0 spiro atoms. The second-order valence-corrected chi connectivity index (χ2v) is 8.65. The molecule has 1 heterocycles. The highest BCUT2D eigenvalue weighted by Gasteiger charge is 2.34. The van der Waals surface area contributed by atoms with Gasteiger partial charge < -0.3 is 20.3 Å². The van der Waals surface area contributed by atoms with Crippen LogP contribution in [0.2, 0.25) is 0 Å². The number of benzene rings is 2. The summed E-state index contributed by atoms with van der Waals surface area (Å²) in [7, 11) is 1.55. The molecule has 0 saturated heterocycles. The highest BCUT2D eigenvalue weighted by molar-refractivity contribution is 7.13. The van der Waals surface area contributed by atoms with E-state index in [1.807, 2.05) is 0 Å². The minimum Gasteiger partial charge on any atom is -0.497 e. The number of amides is 3. The summed E-state index contributed by atoms with van der Waals surface area (Å²) in [6.45, 7) is -0.0990. The Labute approximate surface area is 199 Å². The minimum atomic E-state index is -0.522. The van der Waals surface area contributed by atoms with Crippen molar-refractivity contribution in [3.05, 3.63) is 71.0 Å². The van der Waals surface area contributed by atoms with Gasteiger partial charge in [0.05, 0.1) is 24.9 Å². The Hall–Kier alpha value is -3.79. The number of carbonyl (C=O) groups is 3. The van der Waals surface area contributed by atoms with Gasteiger partial charge in [-0.3, -0.25) is 14.4 Å². The maximum Gasteiger partial charge on any atom is 0.254 e. The number of halogens is 1. The fourth-order valence-electron chi connectivity index (χ4n) is 3.33. The molecule has 0 aliphatic heterocycles. The minimum absolute atomic E-state index is 0.0364. The molecule has 1 aromatic heterocycles. The van der Waals surface area contributed by atoms with Crippen molar-refractivity contribution in [2.24, 2.45) is 0 Å². The van der Waals surface area contributed by atoms with Crippen molar-refractivity contribution in [3.63, 3.8) is 0 Å². The van der Waals surface area contributed by atoms with Crippen molar-refractivity contribution in [1.29, 1.82) is 0 Å². The van der Waals surface area contributed by atoms with Gasteiger partial charge in [-0.2, -0.15) is 0 Å². The van der Waals surface area contributed by atoms with Gasteiger partial charge in [-0.05, 0) is 49.2 Å². The molecular weight excluding hydrogens is 459 g/mol. The van der Waals surface area contributed by atoms with Crippen LogP contribution in [-0.4, -0.2) is 47.3 Å². The third-order valence-corrected chi connectivity index (χ3v) is 5.99. The largest absolute Gasteiger partial charge is 0.497 e. The van der Waals surface area contributed by atoms with Gasteiger partial charge in [-0.25, -0.2) is 9.37 Å². The van der Waals surface area contributed by atoms with Crippen molar-refractivity contribution in [2.75, 3.05) is 24.3 Å². The number of carbonyl (C=O) groups excluding carboxylic acids is 3. The average molecular weight is 483 g/mol. The Morgan fingerprint density at radius 1 is 1.09 bits per heavy atom. The first-order valence-electron chi connectivity index (χ1n) is 10.7. The third-order valence-electron chi connectivity index (χ3n) is 5.19. The van der Waals surface area contributed by atoms with Gasteiger partial charge in [-0.1, -0.05) is 12.1 Å². The zero-order valence-corrected chi connectivity index (χ0v) is 19.2. The lowest BCUT2D eigenvalue weighted by atomic mass is 10.2. The van der Waals surface area contributed by atoms with Gasteiger partial charge in [0.25, 0.3) is 5.91 Å². The number of thiazole rings is 1. The van der Waals surface area contributed by atoms with Crippen LogP contribution in [0.25, 0.3) is 0 Å². The van der Waals surface area contributed by atoms with E-state index in [1.165, 1.54) is 29.5 Å². The average Bonchev–Trinajstić information content (AvgIpc) is 3.59. The summed E-state index contributed by atoms with van der Waals surface area (Å²) in [5, 5.41) is 7.17. The number of hydrogen-bond donors (Lipinski definition) is 2. The Kier molecular flexibility index (Phi) is 7.17. The van der Waals surface area contributed by atoms with Gasteiger partial charge in [0.1, 0.15) is 18.1 Å². The fraction of sp³-hybridized carbons (Fsp3) is 0.250. The van der Waals surface area contributed by atoms with E-state index < -0.39 is 11.7 Å². The van der Waals surface area contributed by atoms with Gasteiger partial charge in [-0.15, -0.1) is 11.3 Å². The van der Waals surface area contributed by atoms with Crippen molar-refractivity contribution < 1.29 is 23.5 Å². The molecule has 0 unspecified atom stereocenters. The first kappa shape index (κ1) is 23.4. The number of rotatable bonds is 9. The smallest absolute Gasteiger partial charge is 0.254 e. The highest BCUT2D eigenvalue weighted by Crippen LogP contribution is 2.28. The molecule has 1 saturated carbocycles. The predicted molar refractivity (Wildman–Crippen MR) is 127 cm³/mol. The quantitative estimate of drug-likeness (QED) is 0.484. The summed E-state index contributed by atoms with van der Waals surface area (Å²) < 4.78 is 18.8. The van der Waals surface area contributed by atoms with E-state index in [9.17, 15) is 18.8 Å². The second-order valence-electron chi connectivity index (χ2n) is 7.79. The lowest BCUT2D eigenvalue weighted by Gasteiger charge is -2.21. The highest BCUT2D eigenvalue weighted by atomic mass is 32.1. The number of methoxy groups -OCH3 is 1. The standard InChI is InChI=1S/C24H23FN4O4S/c1-33-18-10-6-15(7-11-18)23(32)29(17-8-9-17)13-22(31)28-24-26-16(14-34-24)12-21(30)27-20-5-3-2-4-19(20)25/h2-7,10-11,14,17H,8-9,12-13H2,1H3,(H,27,30)(H,26,28,31). The zero-order valence-electron chi connectivity index (χ0n) is 18.4. The number of hydrogen-bond acceptors (Lipinski definition) is 6. The molecule has 1 aliphatic rings. The Morgan fingerprint density at radius 2 is 1.82 bits per heavy atom. The number of aromatic nitrogens is 1. The van der Waals surface area contributed by atoms with E-state index in [2.05, 4.69) is 15.6 Å². The summed E-state index contributed by atoms with van der Waals surface area (Å²) >= 11 is 1.17. The first-order valence-corrected chi connectivity index (χ1v) is 11.5. The summed E-state index contributed by atoms with van der Waals surface area (Å²) in [5.74, 6) is -0.880. The molecule has 1 fully saturated rings. The maximum atomic E-state index is 13.7. The number of nitrogens with zero attached hydrogens (tertiary/aromatic N) is 2. The molecule has 2 N–H and O–H groups in total. The maximum absolute atomic E-state index is 13.7. The second kappa shape index (κ2) is 10.4. The van der Waals surface area contributed by atoms with Crippen molar-refractivity contribution >= 4 is 39.9 Å². The third kappa shape index (κ3) is 5.96. The van der Waals surface area contributed by atoms with Gasteiger partial charge in [0.15, 0.2) is 5.13 Å². The van der Waals surface area contributed by atoms with Gasteiger partial charge in [0, 0.05) is 17.0 Å². The Balaban J connectivity index is 1.33. The molecule has 0 atom stereocenters. The lowest BCUT2D eigenvalue weighted by molar-refractivity contribution is -0.117. The van der Waals surface area contributed by atoms with Gasteiger partial charge >= 0.3 is 0 Å². The van der Waals surface area contributed by atoms with Crippen molar-refractivity contribution in [3.8, 4) is 5.75 Å². The summed E-state index contributed by atoms with van der Waals surface area (Å²) in [5.41, 5.74) is 1.03. The molecule has 176 valence electrons. The molecule has 8 nitrogen and oxygen atoms in total. The summed E-state index contributed by atoms with van der Waals surface area (Å²) in [4.78, 5) is 43.6. The van der Waals surface area contributed by atoms with Crippen molar-refractivity contribution in [2.45, 2.75) is 25.3 Å². The molecular formula is C24H23FN4O4S. The van der Waals surface area contributed by atoms with Crippen LogP contribution in [-0.2, 0) is 16.0 Å². The van der Waals surface area contributed by atoms with Gasteiger partial charge in [0.2, 0.25) is 11.8 Å². The van der Waals surface area contributed by atoms with Crippen LogP contribution < -0.4 is 15.4 Å². The van der Waals surface area contributed by atoms with E-state index in [0.29, 0.717) is 22.1 Å². The molecule has 0 radical (unpaired) electrons. The molecule has 34 heavy (non-hydrogen) atoms. The van der Waals surface area contributed by atoms with E-state index in [1.54, 1.807) is 47.7 Å². The van der Waals surface area contributed by atoms with E-state index in [4.69, 9.17) is 4.74 Å². The van der Waals surface area contributed by atoms with Crippen LogP contribution in [0.15, 0.2) is 53.9 Å². The Morgan fingerprint density at radius 3 is 2.50 bits per heavy atom. The molecule has 0 bridgehead atoms. The number of nitrogens with one attached hydrogen (secondary N) is 2. The van der Waals surface area contributed by atoms with Crippen LogP contribution in [0.1, 0.15) is 28.9 Å². The fourth-order valence-corrected chi connectivity index (χ4v) is 4.06. The molecule has 3 aromatic rings. The summed E-state index contributed by atoms with van der Waals surface area (Å²) in [6.07, 6.45) is 1.65. The van der Waals surface area contributed by atoms with Crippen LogP contribution in [0.3, 0.4) is 0 Å². The topological polar surface area (TPSA) is 101 Å². The molecule has 1 aliphatic carbocycles. The van der Waals surface area contributed by atoms with E-state index in [0.717, 1.165) is 12.8 Å². The van der Waals surface area contributed by atoms with Crippen LogP contribution in [0.5, 0.6) is 5.75 Å². The normalized spacial score (nSPS) is 12.6. The molecule has 4 rings (SSSR count). The number of anilines is 2. The first-order chi connectivity index (χ1) is 16.4. The monoisotopic (exact) mass is 482 g/mol. The lowest BCUT2D eigenvalue weighted by Crippen LogP contribution is -2.39.